The molecular weight excluding hydrogens is 408 g/mol. The highest BCUT2D eigenvalue weighted by Crippen LogP contribution is 2.45. The lowest BCUT2D eigenvalue weighted by atomic mass is 9.77. The molecule has 2 aromatic carbocycles. The third-order valence-electron chi connectivity index (χ3n) is 6.20. The van der Waals surface area contributed by atoms with Gasteiger partial charge >= 0.3 is 0 Å². The molecule has 0 fully saturated rings. The van der Waals surface area contributed by atoms with E-state index in [1.165, 1.54) is 12.1 Å². The number of phenolic OH excluding ortho intramolecular Hbond substituents is 3. The van der Waals surface area contributed by atoms with Gasteiger partial charge in [-0.3, -0.25) is 4.79 Å². The molecule has 0 aliphatic heterocycles. The van der Waals surface area contributed by atoms with Gasteiger partial charge in [0.05, 0.1) is 0 Å². The number of aliphatic hydroxyl groups is 1. The number of rotatable bonds is 3. The van der Waals surface area contributed by atoms with Gasteiger partial charge in [-0.2, -0.15) is 0 Å². The first kappa shape index (κ1) is 21.7. The molecule has 0 spiro atoms. The van der Waals surface area contributed by atoms with Crippen LogP contribution in [0.1, 0.15) is 44.4 Å². The number of phenols is 3. The Bertz CT molecular complexity index is 1370. The molecule has 3 aromatic rings. The fourth-order valence-electron chi connectivity index (χ4n) is 4.26. The van der Waals surface area contributed by atoms with Crippen molar-refractivity contribution in [1.29, 1.82) is 0 Å². The second kappa shape index (κ2) is 7.57. The predicted molar refractivity (Wildman–Crippen MR) is 123 cm³/mol. The fourth-order valence-corrected chi connectivity index (χ4v) is 4.26. The van der Waals surface area contributed by atoms with E-state index in [9.17, 15) is 25.2 Å². The maximum absolute atomic E-state index is 13.0. The van der Waals surface area contributed by atoms with Gasteiger partial charge in [0.15, 0.2) is 5.43 Å². The van der Waals surface area contributed by atoms with Gasteiger partial charge in [0.2, 0.25) is 0 Å². The van der Waals surface area contributed by atoms with E-state index in [0.717, 1.165) is 17.2 Å². The minimum absolute atomic E-state index is 0.000844. The maximum Gasteiger partial charge on any atom is 0.197 e. The Morgan fingerprint density at radius 1 is 1.12 bits per heavy atom. The highest BCUT2D eigenvalue weighted by atomic mass is 16.3. The molecule has 1 unspecified atom stereocenters. The molecule has 4 rings (SSSR count). The van der Waals surface area contributed by atoms with Gasteiger partial charge in [0.1, 0.15) is 39.6 Å². The largest absolute Gasteiger partial charge is 0.508 e. The van der Waals surface area contributed by atoms with Crippen molar-refractivity contribution < 1.29 is 24.8 Å². The van der Waals surface area contributed by atoms with Crippen molar-refractivity contribution in [3.63, 3.8) is 0 Å². The molecule has 32 heavy (non-hydrogen) atoms. The summed E-state index contributed by atoms with van der Waals surface area (Å²) in [6, 6.07) is 5.55. The van der Waals surface area contributed by atoms with E-state index >= 15 is 0 Å². The summed E-state index contributed by atoms with van der Waals surface area (Å²) in [5.74, 6) is -0.329. The van der Waals surface area contributed by atoms with Crippen molar-refractivity contribution in [2.75, 3.05) is 0 Å². The molecule has 1 aliphatic carbocycles. The summed E-state index contributed by atoms with van der Waals surface area (Å²) < 4.78 is 6.12. The molecule has 0 saturated carbocycles. The van der Waals surface area contributed by atoms with E-state index in [-0.39, 0.29) is 34.0 Å². The van der Waals surface area contributed by atoms with Gasteiger partial charge in [-0.15, -0.1) is 0 Å². The zero-order valence-corrected chi connectivity index (χ0v) is 18.5. The maximum atomic E-state index is 13.0. The highest BCUT2D eigenvalue weighted by molar-refractivity contribution is 5.89. The lowest BCUT2D eigenvalue weighted by Gasteiger charge is -2.32. The summed E-state index contributed by atoms with van der Waals surface area (Å²) in [7, 11) is 0. The van der Waals surface area contributed by atoms with Crippen LogP contribution >= 0.6 is 0 Å². The van der Waals surface area contributed by atoms with Crippen molar-refractivity contribution in [3.05, 3.63) is 74.5 Å². The lowest BCUT2D eigenvalue weighted by molar-refractivity contribution is 0.0912. The van der Waals surface area contributed by atoms with Gasteiger partial charge in [-0.05, 0) is 63.8 Å². The Hall–Kier alpha value is -3.51. The first-order chi connectivity index (χ1) is 15.0. The molecule has 6 nitrogen and oxygen atoms in total. The van der Waals surface area contributed by atoms with E-state index in [0.29, 0.717) is 35.1 Å². The Morgan fingerprint density at radius 3 is 2.53 bits per heavy atom. The van der Waals surface area contributed by atoms with E-state index < -0.39 is 11.0 Å². The van der Waals surface area contributed by atoms with Crippen LogP contribution in [0.25, 0.3) is 22.3 Å². The number of fused-ring (bicyclic) bond motifs is 2. The van der Waals surface area contributed by atoms with E-state index in [2.05, 4.69) is 0 Å². The van der Waals surface area contributed by atoms with E-state index in [4.69, 9.17) is 4.42 Å². The lowest BCUT2D eigenvalue weighted by Crippen LogP contribution is -2.28. The minimum atomic E-state index is -1.37. The average molecular weight is 434 g/mol. The molecule has 0 amide bonds. The Balaban J connectivity index is 2.03. The third-order valence-corrected chi connectivity index (χ3v) is 6.20. The highest BCUT2D eigenvalue weighted by Gasteiger charge is 2.35. The normalized spacial score (nSPS) is 17.7. The molecular formula is C26H26O6. The summed E-state index contributed by atoms with van der Waals surface area (Å²) >= 11 is 0. The van der Waals surface area contributed by atoms with Gasteiger partial charge in [0, 0.05) is 28.8 Å². The van der Waals surface area contributed by atoms with Crippen LogP contribution in [0, 0.1) is 0 Å². The SMILES string of the molecule is CC(C)=CCc1c(O)cc(O)c2c(=O)cc(-c3ccc(O)c4c3CC=C(C)C4(C)O)oc12. The van der Waals surface area contributed by atoms with Crippen LogP contribution in [0.5, 0.6) is 17.2 Å². The molecule has 0 bridgehead atoms. The first-order valence-corrected chi connectivity index (χ1v) is 10.4. The number of benzene rings is 2. The number of aromatic hydroxyl groups is 3. The number of hydrogen-bond donors (Lipinski definition) is 4. The van der Waals surface area contributed by atoms with Crippen LogP contribution in [0.2, 0.25) is 0 Å². The molecule has 1 aromatic heterocycles. The summed E-state index contributed by atoms with van der Waals surface area (Å²) in [5.41, 5.74) is 2.02. The van der Waals surface area contributed by atoms with Crippen LogP contribution in [-0.2, 0) is 18.4 Å². The predicted octanol–water partition coefficient (Wildman–Crippen LogP) is 4.80. The number of allylic oxidation sites excluding steroid dienone is 3. The topological polar surface area (TPSA) is 111 Å². The summed E-state index contributed by atoms with van der Waals surface area (Å²) in [6.45, 7) is 7.26. The quantitative estimate of drug-likeness (QED) is 0.441. The van der Waals surface area contributed by atoms with Crippen molar-refractivity contribution in [2.45, 2.75) is 46.1 Å². The molecule has 6 heteroatoms. The van der Waals surface area contributed by atoms with Crippen molar-refractivity contribution in [3.8, 4) is 28.6 Å². The minimum Gasteiger partial charge on any atom is -0.508 e. The van der Waals surface area contributed by atoms with E-state index in [1.54, 1.807) is 19.9 Å². The summed E-state index contributed by atoms with van der Waals surface area (Å²) in [6.07, 6.45) is 4.54. The van der Waals surface area contributed by atoms with Crippen LogP contribution in [0.15, 0.2) is 56.8 Å². The van der Waals surface area contributed by atoms with Crippen LogP contribution < -0.4 is 5.43 Å². The molecule has 4 N–H and O–H groups in total. The molecule has 1 atom stereocenters. The second-order valence-electron chi connectivity index (χ2n) is 8.71. The van der Waals surface area contributed by atoms with Gasteiger partial charge in [-0.1, -0.05) is 17.7 Å². The van der Waals surface area contributed by atoms with Crippen LogP contribution in [-0.4, -0.2) is 20.4 Å². The zero-order chi connectivity index (χ0) is 23.4. The van der Waals surface area contributed by atoms with Crippen molar-refractivity contribution >= 4 is 11.0 Å². The third kappa shape index (κ3) is 3.37. The van der Waals surface area contributed by atoms with Crippen molar-refractivity contribution in [1.82, 2.24) is 0 Å². The number of hydrogen-bond acceptors (Lipinski definition) is 6. The van der Waals surface area contributed by atoms with Gasteiger partial charge in [-0.25, -0.2) is 0 Å². The van der Waals surface area contributed by atoms with E-state index in [1.807, 2.05) is 26.0 Å². The monoisotopic (exact) mass is 434 g/mol. The van der Waals surface area contributed by atoms with Gasteiger partial charge in [0.25, 0.3) is 0 Å². The van der Waals surface area contributed by atoms with Gasteiger partial charge < -0.3 is 24.8 Å². The second-order valence-corrected chi connectivity index (χ2v) is 8.71. The molecule has 1 aliphatic rings. The summed E-state index contributed by atoms with van der Waals surface area (Å²) in [5, 5.41) is 42.3. The summed E-state index contributed by atoms with van der Waals surface area (Å²) in [4.78, 5) is 13.0. The van der Waals surface area contributed by atoms with Crippen LogP contribution in [0.3, 0.4) is 0 Å². The zero-order valence-electron chi connectivity index (χ0n) is 18.5. The van der Waals surface area contributed by atoms with Crippen molar-refractivity contribution in [2.24, 2.45) is 0 Å². The molecule has 0 saturated heterocycles. The average Bonchev–Trinajstić information content (AvgIpc) is 2.69. The molecule has 166 valence electrons. The Labute approximate surface area is 185 Å². The van der Waals surface area contributed by atoms with Crippen LogP contribution in [0.4, 0.5) is 0 Å². The Kier molecular flexibility index (Phi) is 5.13. The first-order valence-electron chi connectivity index (χ1n) is 10.4. The molecule has 1 heterocycles. The fraction of sp³-hybridized carbons (Fsp3) is 0.269. The molecule has 0 radical (unpaired) electrons. The Morgan fingerprint density at radius 2 is 1.84 bits per heavy atom. The smallest absolute Gasteiger partial charge is 0.197 e. The standard InChI is InChI=1S/C26H26O6/c1-13(2)5-7-17-19(28)11-20(29)23-21(30)12-22(32-25(17)23)15-9-10-18(27)24-16(15)8-6-14(3)26(24,4)31/h5-6,9-12,27-29,31H,7-8H2,1-4H3.